The third-order valence-corrected chi connectivity index (χ3v) is 5.57. The first-order chi connectivity index (χ1) is 16.4. The SMILES string of the molecule is Cc1cccc(OCC(=O)c2ccc3c(c2)N(CC(=O)N(C)Cc2ccccc2)C(=O)CO3)c1. The number of anilines is 1. The molecule has 3 aromatic carbocycles. The maximum Gasteiger partial charge on any atom is 0.265 e. The number of benzene rings is 3. The van der Waals surface area contributed by atoms with Crippen molar-refractivity contribution in [2.75, 3.05) is 31.7 Å². The highest BCUT2D eigenvalue weighted by Gasteiger charge is 2.29. The fraction of sp³-hybridized carbons (Fsp3) is 0.222. The summed E-state index contributed by atoms with van der Waals surface area (Å²) in [5.74, 6) is 0.265. The van der Waals surface area contributed by atoms with Crippen molar-refractivity contribution < 1.29 is 23.9 Å². The average Bonchev–Trinajstić information content (AvgIpc) is 2.84. The number of fused-ring (bicyclic) bond motifs is 1. The number of rotatable bonds is 8. The van der Waals surface area contributed by atoms with E-state index < -0.39 is 0 Å². The van der Waals surface area contributed by atoms with Crippen molar-refractivity contribution in [3.05, 3.63) is 89.5 Å². The molecule has 0 bridgehead atoms. The first-order valence-corrected chi connectivity index (χ1v) is 11.0. The molecule has 0 N–H and O–H groups in total. The Morgan fingerprint density at radius 3 is 2.59 bits per heavy atom. The fourth-order valence-corrected chi connectivity index (χ4v) is 3.69. The average molecular weight is 459 g/mol. The van der Waals surface area contributed by atoms with Crippen LogP contribution in [-0.4, -0.2) is 49.3 Å². The number of carbonyl (C=O) groups is 3. The van der Waals surface area contributed by atoms with Gasteiger partial charge in [-0.1, -0.05) is 42.5 Å². The molecule has 1 aliphatic heterocycles. The molecule has 0 atom stereocenters. The van der Waals surface area contributed by atoms with Crippen LogP contribution >= 0.6 is 0 Å². The maximum absolute atomic E-state index is 12.9. The summed E-state index contributed by atoms with van der Waals surface area (Å²) in [4.78, 5) is 41.2. The van der Waals surface area contributed by atoms with E-state index in [2.05, 4.69) is 0 Å². The van der Waals surface area contributed by atoms with Gasteiger partial charge in [0.1, 0.15) is 18.0 Å². The van der Waals surface area contributed by atoms with Gasteiger partial charge < -0.3 is 14.4 Å². The molecular weight excluding hydrogens is 432 g/mol. The highest BCUT2D eigenvalue weighted by molar-refractivity contribution is 6.04. The molecule has 0 saturated heterocycles. The number of ether oxygens (including phenoxy) is 2. The largest absolute Gasteiger partial charge is 0.485 e. The number of nitrogens with zero attached hydrogens (tertiary/aromatic N) is 2. The lowest BCUT2D eigenvalue weighted by Crippen LogP contribution is -2.45. The summed E-state index contributed by atoms with van der Waals surface area (Å²) in [6.45, 7) is 1.93. The van der Waals surface area contributed by atoms with Crippen LogP contribution in [0.3, 0.4) is 0 Å². The summed E-state index contributed by atoms with van der Waals surface area (Å²) in [7, 11) is 1.70. The summed E-state index contributed by atoms with van der Waals surface area (Å²) < 4.78 is 11.1. The van der Waals surface area contributed by atoms with Gasteiger partial charge in [0.15, 0.2) is 19.0 Å². The van der Waals surface area contributed by atoms with Crippen LogP contribution < -0.4 is 14.4 Å². The number of hydrogen-bond donors (Lipinski definition) is 0. The van der Waals surface area contributed by atoms with E-state index in [0.717, 1.165) is 11.1 Å². The lowest BCUT2D eigenvalue weighted by molar-refractivity contribution is -0.131. The van der Waals surface area contributed by atoms with Gasteiger partial charge in [0.25, 0.3) is 5.91 Å². The number of hydrogen-bond acceptors (Lipinski definition) is 5. The van der Waals surface area contributed by atoms with Crippen molar-refractivity contribution in [3.8, 4) is 11.5 Å². The third-order valence-electron chi connectivity index (χ3n) is 5.57. The molecule has 1 heterocycles. The summed E-state index contributed by atoms with van der Waals surface area (Å²) in [5, 5.41) is 0. The molecule has 1 aliphatic rings. The lowest BCUT2D eigenvalue weighted by Gasteiger charge is -2.30. The minimum absolute atomic E-state index is 0.143. The van der Waals surface area contributed by atoms with Crippen LogP contribution in [0.5, 0.6) is 11.5 Å². The zero-order valence-electron chi connectivity index (χ0n) is 19.2. The van der Waals surface area contributed by atoms with Crippen LogP contribution in [0.15, 0.2) is 72.8 Å². The van der Waals surface area contributed by atoms with Crippen LogP contribution in [0.2, 0.25) is 0 Å². The molecule has 4 rings (SSSR count). The fourth-order valence-electron chi connectivity index (χ4n) is 3.69. The topological polar surface area (TPSA) is 76.2 Å². The minimum atomic E-state index is -0.338. The summed E-state index contributed by atoms with van der Waals surface area (Å²) in [5.41, 5.74) is 2.80. The number of likely N-dealkylation sites (N-methyl/N-ethyl adjacent to an activating group) is 1. The monoisotopic (exact) mass is 458 g/mol. The van der Waals surface area contributed by atoms with Crippen LogP contribution in [-0.2, 0) is 16.1 Å². The molecule has 0 spiro atoms. The quantitative estimate of drug-likeness (QED) is 0.482. The van der Waals surface area contributed by atoms with E-state index in [9.17, 15) is 14.4 Å². The Bertz CT molecular complexity index is 1210. The number of Topliss-reactive ketones (excluding diaryl/α,β-unsaturated/α-hetero) is 1. The summed E-state index contributed by atoms with van der Waals surface area (Å²) in [6, 6.07) is 21.9. The Balaban J connectivity index is 1.47. The van der Waals surface area contributed by atoms with E-state index in [1.165, 1.54) is 4.90 Å². The van der Waals surface area contributed by atoms with Crippen molar-refractivity contribution >= 4 is 23.3 Å². The van der Waals surface area contributed by atoms with Gasteiger partial charge in [-0.15, -0.1) is 0 Å². The van der Waals surface area contributed by atoms with Gasteiger partial charge in [0.2, 0.25) is 5.91 Å². The van der Waals surface area contributed by atoms with Gasteiger partial charge in [-0.2, -0.15) is 0 Å². The van der Waals surface area contributed by atoms with Crippen molar-refractivity contribution in [3.63, 3.8) is 0 Å². The normalized spacial score (nSPS) is 12.5. The van der Waals surface area contributed by atoms with Crippen LogP contribution in [0.25, 0.3) is 0 Å². The van der Waals surface area contributed by atoms with Crippen molar-refractivity contribution in [1.82, 2.24) is 4.90 Å². The third kappa shape index (κ3) is 5.43. The minimum Gasteiger partial charge on any atom is -0.485 e. The second kappa shape index (κ2) is 10.2. The van der Waals surface area contributed by atoms with Gasteiger partial charge in [-0.05, 0) is 48.4 Å². The van der Waals surface area contributed by atoms with E-state index in [0.29, 0.717) is 29.3 Å². The number of aryl methyl sites for hydroxylation is 1. The van der Waals surface area contributed by atoms with Crippen LogP contribution in [0.1, 0.15) is 21.5 Å². The zero-order chi connectivity index (χ0) is 24.1. The van der Waals surface area contributed by atoms with Gasteiger partial charge in [-0.25, -0.2) is 0 Å². The molecule has 0 aromatic heterocycles. The molecule has 0 unspecified atom stereocenters. The number of amides is 2. The maximum atomic E-state index is 12.9. The number of carbonyl (C=O) groups excluding carboxylic acids is 3. The van der Waals surface area contributed by atoms with Gasteiger partial charge in [-0.3, -0.25) is 19.3 Å². The second-order valence-corrected chi connectivity index (χ2v) is 8.21. The smallest absolute Gasteiger partial charge is 0.265 e. The first-order valence-electron chi connectivity index (χ1n) is 11.0. The van der Waals surface area contributed by atoms with E-state index in [1.54, 1.807) is 36.2 Å². The Morgan fingerprint density at radius 2 is 1.82 bits per heavy atom. The standard InChI is InChI=1S/C27H26N2O5/c1-19-7-6-10-22(13-19)33-17-24(30)21-11-12-25-23(14-21)29(27(32)18-34-25)16-26(31)28(2)15-20-8-4-3-5-9-20/h3-14H,15-18H2,1-2H3. The van der Waals surface area contributed by atoms with Crippen LogP contribution in [0.4, 0.5) is 5.69 Å². The Hall–Kier alpha value is -4.13. The molecule has 0 radical (unpaired) electrons. The van der Waals surface area contributed by atoms with E-state index in [-0.39, 0.29) is 37.4 Å². The molecular formula is C27H26N2O5. The Kier molecular flexibility index (Phi) is 6.92. The first kappa shape index (κ1) is 23.0. The van der Waals surface area contributed by atoms with Crippen molar-refractivity contribution in [2.45, 2.75) is 13.5 Å². The molecule has 0 fully saturated rings. The van der Waals surface area contributed by atoms with Gasteiger partial charge in [0.05, 0.1) is 5.69 Å². The van der Waals surface area contributed by atoms with Gasteiger partial charge >= 0.3 is 0 Å². The van der Waals surface area contributed by atoms with Crippen LogP contribution in [0, 0.1) is 6.92 Å². The molecule has 7 heteroatoms. The second-order valence-electron chi connectivity index (χ2n) is 8.21. The molecule has 2 amide bonds. The van der Waals surface area contributed by atoms with Crippen molar-refractivity contribution in [2.24, 2.45) is 0 Å². The molecule has 0 aliphatic carbocycles. The van der Waals surface area contributed by atoms with E-state index >= 15 is 0 Å². The molecule has 7 nitrogen and oxygen atoms in total. The summed E-state index contributed by atoms with van der Waals surface area (Å²) >= 11 is 0. The molecule has 0 saturated carbocycles. The Labute approximate surface area is 198 Å². The predicted molar refractivity (Wildman–Crippen MR) is 128 cm³/mol. The highest BCUT2D eigenvalue weighted by Crippen LogP contribution is 2.33. The Morgan fingerprint density at radius 1 is 1.03 bits per heavy atom. The number of ketones is 1. The molecule has 34 heavy (non-hydrogen) atoms. The van der Waals surface area contributed by atoms with Crippen molar-refractivity contribution in [1.29, 1.82) is 0 Å². The lowest BCUT2D eigenvalue weighted by atomic mass is 10.1. The summed E-state index contributed by atoms with van der Waals surface area (Å²) in [6.07, 6.45) is 0. The zero-order valence-corrected chi connectivity index (χ0v) is 19.2. The predicted octanol–water partition coefficient (Wildman–Crippen LogP) is 3.64. The van der Waals surface area contributed by atoms with E-state index in [1.807, 2.05) is 55.5 Å². The molecule has 174 valence electrons. The van der Waals surface area contributed by atoms with E-state index in [4.69, 9.17) is 9.47 Å². The molecule has 3 aromatic rings. The van der Waals surface area contributed by atoms with Gasteiger partial charge in [0, 0.05) is 19.2 Å². The highest BCUT2D eigenvalue weighted by atomic mass is 16.5.